The van der Waals surface area contributed by atoms with E-state index in [4.69, 9.17) is 23.2 Å². The Balaban J connectivity index is 2.01. The molecule has 0 radical (unpaired) electrons. The lowest BCUT2D eigenvalue weighted by atomic mass is 10.0. The predicted octanol–water partition coefficient (Wildman–Crippen LogP) is 4.35. The van der Waals surface area contributed by atoms with Crippen molar-refractivity contribution in [2.45, 2.75) is 51.7 Å². The molecule has 1 fully saturated rings. The second-order valence-corrected chi connectivity index (χ2v) is 6.75. The van der Waals surface area contributed by atoms with E-state index in [1.807, 2.05) is 18.2 Å². The number of piperidine rings is 1. The van der Waals surface area contributed by atoms with Gasteiger partial charge in [-0.05, 0) is 50.9 Å². The molecule has 0 aromatic heterocycles. The van der Waals surface area contributed by atoms with E-state index in [0.717, 1.165) is 30.2 Å². The highest BCUT2D eigenvalue weighted by atomic mass is 35.5. The number of rotatable bonds is 5. The molecular weight excluding hydrogens is 291 g/mol. The molecule has 0 spiro atoms. The van der Waals surface area contributed by atoms with E-state index < -0.39 is 0 Å². The van der Waals surface area contributed by atoms with Crippen LogP contribution >= 0.6 is 23.2 Å². The van der Waals surface area contributed by atoms with Gasteiger partial charge in [0.25, 0.3) is 0 Å². The van der Waals surface area contributed by atoms with Crippen LogP contribution in [0.4, 0.5) is 0 Å². The van der Waals surface area contributed by atoms with Gasteiger partial charge in [-0.15, -0.1) is 0 Å². The highest BCUT2D eigenvalue weighted by Crippen LogP contribution is 2.23. The molecule has 2 nitrogen and oxygen atoms in total. The molecule has 1 heterocycles. The molecule has 1 atom stereocenters. The van der Waals surface area contributed by atoms with Crippen molar-refractivity contribution in [1.82, 2.24) is 10.2 Å². The second-order valence-electron chi connectivity index (χ2n) is 5.91. The standard InChI is InChI=1S/C16H24Cl2N2/c1-12(2)20(11-15-5-3-4-8-19-15)10-13-6-7-14(17)9-16(13)18/h6-7,9,12,15,19H,3-5,8,10-11H2,1-2H3. The van der Waals surface area contributed by atoms with Crippen LogP contribution in [0.1, 0.15) is 38.7 Å². The normalized spacial score (nSPS) is 19.8. The molecule has 0 amide bonds. The summed E-state index contributed by atoms with van der Waals surface area (Å²) < 4.78 is 0. The predicted molar refractivity (Wildman–Crippen MR) is 87.6 cm³/mol. The van der Waals surface area contributed by atoms with Gasteiger partial charge < -0.3 is 5.32 Å². The molecule has 2 rings (SSSR count). The number of benzene rings is 1. The third-order valence-electron chi connectivity index (χ3n) is 3.99. The maximum Gasteiger partial charge on any atom is 0.0465 e. The fourth-order valence-corrected chi connectivity index (χ4v) is 3.16. The van der Waals surface area contributed by atoms with E-state index >= 15 is 0 Å². The summed E-state index contributed by atoms with van der Waals surface area (Å²) in [5.41, 5.74) is 1.15. The summed E-state index contributed by atoms with van der Waals surface area (Å²) in [5, 5.41) is 5.08. The van der Waals surface area contributed by atoms with Crippen molar-refractivity contribution in [3.8, 4) is 0 Å². The first-order valence-corrected chi connectivity index (χ1v) is 8.23. The Kier molecular flexibility index (Phi) is 6.16. The zero-order chi connectivity index (χ0) is 14.5. The Labute approximate surface area is 132 Å². The molecule has 1 aliphatic rings. The van der Waals surface area contributed by atoms with Crippen LogP contribution in [0.15, 0.2) is 18.2 Å². The zero-order valence-corrected chi connectivity index (χ0v) is 13.8. The molecule has 20 heavy (non-hydrogen) atoms. The molecule has 1 aromatic rings. The first-order valence-electron chi connectivity index (χ1n) is 7.47. The minimum absolute atomic E-state index is 0.505. The molecule has 1 aliphatic heterocycles. The fourth-order valence-electron chi connectivity index (χ4n) is 2.69. The summed E-state index contributed by atoms with van der Waals surface area (Å²) in [5.74, 6) is 0. The van der Waals surface area contributed by atoms with Crippen LogP contribution in [0.2, 0.25) is 10.0 Å². The molecule has 0 saturated carbocycles. The molecule has 112 valence electrons. The van der Waals surface area contributed by atoms with Gasteiger partial charge in [-0.1, -0.05) is 35.7 Å². The lowest BCUT2D eigenvalue weighted by Gasteiger charge is -2.33. The van der Waals surface area contributed by atoms with Gasteiger partial charge in [0.2, 0.25) is 0 Å². The average Bonchev–Trinajstić information content (AvgIpc) is 2.42. The van der Waals surface area contributed by atoms with Crippen molar-refractivity contribution in [3.05, 3.63) is 33.8 Å². The van der Waals surface area contributed by atoms with Crippen molar-refractivity contribution in [2.24, 2.45) is 0 Å². The van der Waals surface area contributed by atoms with Crippen LogP contribution in [-0.2, 0) is 6.54 Å². The van der Waals surface area contributed by atoms with Crippen LogP contribution in [0, 0.1) is 0 Å². The molecular formula is C16H24Cl2N2. The van der Waals surface area contributed by atoms with Crippen LogP contribution in [0.5, 0.6) is 0 Å². The molecule has 0 bridgehead atoms. The van der Waals surface area contributed by atoms with Gasteiger partial charge in [-0.25, -0.2) is 0 Å². The maximum atomic E-state index is 6.29. The first-order chi connectivity index (χ1) is 9.56. The Morgan fingerprint density at radius 2 is 2.10 bits per heavy atom. The van der Waals surface area contributed by atoms with E-state index in [2.05, 4.69) is 24.1 Å². The Hall–Kier alpha value is -0.280. The van der Waals surface area contributed by atoms with Gasteiger partial charge in [-0.2, -0.15) is 0 Å². The average molecular weight is 315 g/mol. The summed E-state index contributed by atoms with van der Waals surface area (Å²) >= 11 is 12.3. The summed E-state index contributed by atoms with van der Waals surface area (Å²) in [7, 11) is 0. The van der Waals surface area contributed by atoms with Crippen LogP contribution in [0.3, 0.4) is 0 Å². The van der Waals surface area contributed by atoms with Gasteiger partial charge in [0, 0.05) is 35.2 Å². The highest BCUT2D eigenvalue weighted by molar-refractivity contribution is 6.35. The van der Waals surface area contributed by atoms with Gasteiger partial charge >= 0.3 is 0 Å². The lowest BCUT2D eigenvalue weighted by molar-refractivity contribution is 0.177. The van der Waals surface area contributed by atoms with E-state index in [1.165, 1.54) is 19.3 Å². The molecule has 4 heteroatoms. The highest BCUT2D eigenvalue weighted by Gasteiger charge is 2.19. The van der Waals surface area contributed by atoms with Crippen molar-refractivity contribution in [3.63, 3.8) is 0 Å². The van der Waals surface area contributed by atoms with Gasteiger partial charge in [0.15, 0.2) is 0 Å². The first kappa shape index (κ1) is 16.1. The summed E-state index contributed by atoms with van der Waals surface area (Å²) in [6.07, 6.45) is 3.92. The van der Waals surface area contributed by atoms with Crippen LogP contribution in [0.25, 0.3) is 0 Å². The largest absolute Gasteiger partial charge is 0.313 e. The number of hydrogen-bond acceptors (Lipinski definition) is 2. The lowest BCUT2D eigenvalue weighted by Crippen LogP contribution is -2.45. The quantitative estimate of drug-likeness (QED) is 0.869. The molecule has 0 aliphatic carbocycles. The van der Waals surface area contributed by atoms with Crippen molar-refractivity contribution in [1.29, 1.82) is 0 Å². The Bertz CT molecular complexity index is 428. The Morgan fingerprint density at radius 1 is 1.30 bits per heavy atom. The van der Waals surface area contributed by atoms with Gasteiger partial charge in [0.05, 0.1) is 0 Å². The van der Waals surface area contributed by atoms with E-state index in [-0.39, 0.29) is 0 Å². The monoisotopic (exact) mass is 314 g/mol. The van der Waals surface area contributed by atoms with E-state index in [9.17, 15) is 0 Å². The number of hydrogen-bond donors (Lipinski definition) is 1. The fraction of sp³-hybridized carbons (Fsp3) is 0.625. The summed E-state index contributed by atoms with van der Waals surface area (Å²) in [6.45, 7) is 7.60. The third-order valence-corrected chi connectivity index (χ3v) is 4.57. The summed E-state index contributed by atoms with van der Waals surface area (Å²) in [4.78, 5) is 2.48. The minimum atomic E-state index is 0.505. The minimum Gasteiger partial charge on any atom is -0.313 e. The van der Waals surface area contributed by atoms with E-state index in [1.54, 1.807) is 0 Å². The molecule has 1 saturated heterocycles. The second kappa shape index (κ2) is 7.65. The van der Waals surface area contributed by atoms with Crippen LogP contribution in [-0.4, -0.2) is 30.1 Å². The smallest absolute Gasteiger partial charge is 0.0465 e. The summed E-state index contributed by atoms with van der Waals surface area (Å²) in [6, 6.07) is 6.90. The third kappa shape index (κ3) is 4.63. The topological polar surface area (TPSA) is 15.3 Å². The van der Waals surface area contributed by atoms with Crippen LogP contribution < -0.4 is 5.32 Å². The molecule has 1 unspecified atom stereocenters. The maximum absolute atomic E-state index is 6.29. The van der Waals surface area contributed by atoms with E-state index in [0.29, 0.717) is 17.1 Å². The van der Waals surface area contributed by atoms with Crippen molar-refractivity contribution < 1.29 is 0 Å². The SMILES string of the molecule is CC(C)N(Cc1ccc(Cl)cc1Cl)CC1CCCCN1. The van der Waals surface area contributed by atoms with Crippen molar-refractivity contribution in [2.75, 3.05) is 13.1 Å². The van der Waals surface area contributed by atoms with Gasteiger partial charge in [-0.3, -0.25) is 4.90 Å². The molecule has 1 aromatic carbocycles. The number of nitrogens with one attached hydrogen (secondary N) is 1. The Morgan fingerprint density at radius 3 is 2.70 bits per heavy atom. The zero-order valence-electron chi connectivity index (χ0n) is 12.3. The number of nitrogens with zero attached hydrogens (tertiary/aromatic N) is 1. The molecule has 1 N–H and O–H groups in total. The van der Waals surface area contributed by atoms with Crippen molar-refractivity contribution >= 4 is 23.2 Å². The van der Waals surface area contributed by atoms with Gasteiger partial charge in [0.1, 0.15) is 0 Å². The number of halogens is 2.